The van der Waals surface area contributed by atoms with E-state index in [-0.39, 0.29) is 6.42 Å². The molecule has 0 aliphatic heterocycles. The van der Waals surface area contributed by atoms with Gasteiger partial charge in [0.1, 0.15) is 11.6 Å². The molecule has 7 nitrogen and oxygen atoms in total. The maximum atomic E-state index is 11.7. The highest BCUT2D eigenvalue weighted by Gasteiger charge is 2.20. The van der Waals surface area contributed by atoms with Gasteiger partial charge in [-0.3, -0.25) is 4.79 Å². The number of rotatable bonds is 3. The normalized spacial score (nSPS) is 12.9. The molecule has 0 amide bonds. The van der Waals surface area contributed by atoms with Crippen LogP contribution >= 0.6 is 0 Å². The zero-order valence-electron chi connectivity index (χ0n) is 11.5. The van der Waals surface area contributed by atoms with Crippen LogP contribution in [0.1, 0.15) is 26.5 Å². The van der Waals surface area contributed by atoms with Gasteiger partial charge in [0.15, 0.2) is 0 Å². The number of carbonyl (C=O) groups excluding carboxylic acids is 2. The molecule has 19 heavy (non-hydrogen) atoms. The van der Waals surface area contributed by atoms with Crippen LogP contribution in [0.15, 0.2) is 12.3 Å². The molecule has 0 aromatic carbocycles. The van der Waals surface area contributed by atoms with Crippen molar-refractivity contribution in [2.45, 2.75) is 38.8 Å². The molecule has 1 atom stereocenters. The predicted molar refractivity (Wildman–Crippen MR) is 67.6 cm³/mol. The first-order valence-corrected chi connectivity index (χ1v) is 5.84. The Bertz CT molecular complexity index is 462. The first-order valence-electron chi connectivity index (χ1n) is 5.84. The molecule has 0 aliphatic carbocycles. The van der Waals surface area contributed by atoms with Gasteiger partial charge in [0.25, 0.3) is 0 Å². The largest absolute Gasteiger partial charge is 0.468 e. The summed E-state index contributed by atoms with van der Waals surface area (Å²) in [5.74, 6) is -0.521. The van der Waals surface area contributed by atoms with Gasteiger partial charge in [0, 0.05) is 12.6 Å². The van der Waals surface area contributed by atoms with Gasteiger partial charge in [0.2, 0.25) is 0 Å². The van der Waals surface area contributed by atoms with Crippen molar-refractivity contribution in [2.75, 3.05) is 7.11 Å². The van der Waals surface area contributed by atoms with E-state index < -0.39 is 23.7 Å². The maximum absolute atomic E-state index is 11.7. The third kappa shape index (κ3) is 4.70. The van der Waals surface area contributed by atoms with Crippen LogP contribution in [0.25, 0.3) is 0 Å². The highest BCUT2D eigenvalue weighted by atomic mass is 16.6. The van der Waals surface area contributed by atoms with Crippen molar-refractivity contribution < 1.29 is 19.1 Å². The lowest BCUT2D eigenvalue weighted by atomic mass is 10.2. The van der Waals surface area contributed by atoms with Crippen molar-refractivity contribution in [3.63, 3.8) is 0 Å². The van der Waals surface area contributed by atoms with Crippen LogP contribution in [-0.2, 0) is 20.7 Å². The van der Waals surface area contributed by atoms with Crippen LogP contribution in [0.5, 0.6) is 0 Å². The average molecular weight is 269 g/mol. The van der Waals surface area contributed by atoms with Crippen LogP contribution in [0, 0.1) is 0 Å². The Labute approximate surface area is 111 Å². The van der Waals surface area contributed by atoms with E-state index >= 15 is 0 Å². The van der Waals surface area contributed by atoms with Crippen LogP contribution in [0.3, 0.4) is 0 Å². The van der Waals surface area contributed by atoms with Gasteiger partial charge < -0.3 is 15.2 Å². The van der Waals surface area contributed by atoms with Gasteiger partial charge in [0.05, 0.1) is 12.8 Å². The van der Waals surface area contributed by atoms with E-state index in [1.54, 1.807) is 26.8 Å². The average Bonchev–Trinajstić information content (AvgIpc) is 2.74. The van der Waals surface area contributed by atoms with Gasteiger partial charge in [-0.15, -0.1) is 0 Å². The number of carbonyl (C=O) groups is 2. The third-order valence-electron chi connectivity index (χ3n) is 2.16. The smallest absolute Gasteiger partial charge is 0.435 e. The monoisotopic (exact) mass is 269 g/mol. The van der Waals surface area contributed by atoms with Crippen molar-refractivity contribution in [1.82, 2.24) is 9.78 Å². The molecule has 0 bridgehead atoms. The Morgan fingerprint density at radius 1 is 1.47 bits per heavy atom. The molecule has 1 rings (SSSR count). The van der Waals surface area contributed by atoms with E-state index in [2.05, 4.69) is 9.84 Å². The Morgan fingerprint density at radius 2 is 2.11 bits per heavy atom. The van der Waals surface area contributed by atoms with Crippen LogP contribution in [0.2, 0.25) is 0 Å². The van der Waals surface area contributed by atoms with Gasteiger partial charge in [-0.25, -0.2) is 4.79 Å². The molecule has 106 valence electrons. The zero-order chi connectivity index (χ0) is 14.6. The Hall–Kier alpha value is -1.89. The Morgan fingerprint density at radius 3 is 2.63 bits per heavy atom. The van der Waals surface area contributed by atoms with Crippen molar-refractivity contribution in [2.24, 2.45) is 5.73 Å². The van der Waals surface area contributed by atoms with Crippen molar-refractivity contribution in [3.05, 3.63) is 18.0 Å². The third-order valence-corrected chi connectivity index (χ3v) is 2.16. The number of esters is 1. The SMILES string of the molecule is COC(=O)C(N)Cc1ccn(C(=O)OC(C)(C)C)n1. The summed E-state index contributed by atoms with van der Waals surface area (Å²) in [6.45, 7) is 5.30. The van der Waals surface area contributed by atoms with E-state index in [9.17, 15) is 9.59 Å². The van der Waals surface area contributed by atoms with E-state index in [1.807, 2.05) is 0 Å². The summed E-state index contributed by atoms with van der Waals surface area (Å²) in [7, 11) is 1.27. The summed E-state index contributed by atoms with van der Waals surface area (Å²) < 4.78 is 10.7. The summed E-state index contributed by atoms with van der Waals surface area (Å²) in [6, 6.07) is 0.805. The zero-order valence-corrected chi connectivity index (χ0v) is 11.5. The summed E-state index contributed by atoms with van der Waals surface area (Å²) in [5, 5.41) is 4.01. The highest BCUT2D eigenvalue weighted by molar-refractivity contribution is 5.75. The molecule has 1 aromatic rings. The molecule has 0 fully saturated rings. The van der Waals surface area contributed by atoms with Crippen LogP contribution in [-0.4, -0.2) is 40.6 Å². The van der Waals surface area contributed by atoms with E-state index in [0.717, 1.165) is 4.68 Å². The van der Waals surface area contributed by atoms with Gasteiger partial charge in [-0.2, -0.15) is 9.78 Å². The number of hydrogen-bond acceptors (Lipinski definition) is 6. The second-order valence-corrected chi connectivity index (χ2v) is 5.07. The molecule has 0 spiro atoms. The van der Waals surface area contributed by atoms with Gasteiger partial charge >= 0.3 is 12.1 Å². The molecule has 0 aliphatic rings. The Balaban J connectivity index is 2.67. The Kier molecular flexibility index (Phi) is 4.66. The highest BCUT2D eigenvalue weighted by Crippen LogP contribution is 2.09. The standard InChI is InChI=1S/C12H19N3O4/c1-12(2,3)19-11(17)15-6-5-8(14-15)7-9(13)10(16)18-4/h5-6,9H,7,13H2,1-4H3. The molecule has 7 heteroatoms. The number of nitrogens with zero attached hydrogens (tertiary/aromatic N) is 2. The fraction of sp³-hybridized carbons (Fsp3) is 0.583. The number of aromatic nitrogens is 2. The minimum Gasteiger partial charge on any atom is -0.468 e. The topological polar surface area (TPSA) is 96.4 Å². The quantitative estimate of drug-likeness (QED) is 0.812. The first-order chi connectivity index (χ1) is 8.73. The van der Waals surface area contributed by atoms with E-state index in [1.165, 1.54) is 13.3 Å². The molecule has 0 saturated carbocycles. The molecule has 1 aromatic heterocycles. The van der Waals surface area contributed by atoms with E-state index in [0.29, 0.717) is 5.69 Å². The molecule has 1 unspecified atom stereocenters. The second-order valence-electron chi connectivity index (χ2n) is 5.07. The van der Waals surface area contributed by atoms with Crippen molar-refractivity contribution in [1.29, 1.82) is 0 Å². The minimum atomic E-state index is -0.799. The number of methoxy groups -OCH3 is 1. The van der Waals surface area contributed by atoms with Gasteiger partial charge in [-0.1, -0.05) is 0 Å². The van der Waals surface area contributed by atoms with Crippen molar-refractivity contribution in [3.8, 4) is 0 Å². The number of nitrogens with two attached hydrogens (primary N) is 1. The van der Waals surface area contributed by atoms with Crippen LogP contribution < -0.4 is 5.73 Å². The fourth-order valence-corrected chi connectivity index (χ4v) is 1.34. The molecular formula is C12H19N3O4. The van der Waals surface area contributed by atoms with Gasteiger partial charge in [-0.05, 0) is 26.8 Å². The lowest BCUT2D eigenvalue weighted by Crippen LogP contribution is -2.34. The number of hydrogen-bond donors (Lipinski definition) is 1. The molecule has 2 N–H and O–H groups in total. The second kappa shape index (κ2) is 5.83. The predicted octanol–water partition coefficient (Wildman–Crippen LogP) is 0.709. The minimum absolute atomic E-state index is 0.197. The summed E-state index contributed by atoms with van der Waals surface area (Å²) in [5.41, 5.74) is 5.53. The molecule has 0 radical (unpaired) electrons. The number of ether oxygens (including phenoxy) is 2. The summed E-state index contributed by atoms with van der Waals surface area (Å²) >= 11 is 0. The fourth-order valence-electron chi connectivity index (χ4n) is 1.34. The lowest BCUT2D eigenvalue weighted by molar-refractivity contribution is -0.142. The molecule has 0 saturated heterocycles. The van der Waals surface area contributed by atoms with Crippen molar-refractivity contribution >= 4 is 12.1 Å². The molecule has 1 heterocycles. The van der Waals surface area contributed by atoms with Crippen LogP contribution in [0.4, 0.5) is 4.79 Å². The molecular weight excluding hydrogens is 250 g/mol. The maximum Gasteiger partial charge on any atom is 0.435 e. The lowest BCUT2D eigenvalue weighted by Gasteiger charge is -2.18. The first kappa shape index (κ1) is 15.2. The summed E-state index contributed by atoms with van der Waals surface area (Å²) in [4.78, 5) is 22.9. The summed E-state index contributed by atoms with van der Waals surface area (Å²) in [6.07, 6.45) is 1.08. The van der Waals surface area contributed by atoms with E-state index in [4.69, 9.17) is 10.5 Å².